The Bertz CT molecular complexity index is 519. The second-order valence-electron chi connectivity index (χ2n) is 3.97. The minimum atomic E-state index is -3.50. The molecule has 0 saturated carbocycles. The first kappa shape index (κ1) is 13.8. The van der Waals surface area contributed by atoms with Gasteiger partial charge in [0, 0.05) is 16.0 Å². The number of hydrogen-bond donors (Lipinski definition) is 0. The summed E-state index contributed by atoms with van der Waals surface area (Å²) in [6.07, 6.45) is 0.299. The summed E-state index contributed by atoms with van der Waals surface area (Å²) in [4.78, 5) is 0. The van der Waals surface area contributed by atoms with Gasteiger partial charge in [-0.3, -0.25) is 0 Å². The monoisotopic (exact) mass is 280 g/mol. The molecule has 0 bridgehead atoms. The zero-order valence-electron chi connectivity index (χ0n) is 9.18. The number of rotatable bonds is 4. The lowest BCUT2D eigenvalue weighted by Crippen LogP contribution is -2.13. The Morgan fingerprint density at radius 3 is 2.31 bits per heavy atom. The average molecular weight is 281 g/mol. The quantitative estimate of drug-likeness (QED) is 0.626. The van der Waals surface area contributed by atoms with Crippen LogP contribution in [0.1, 0.15) is 5.56 Å². The molecule has 0 atom stereocenters. The minimum absolute atomic E-state index is 0.133. The largest absolute Gasteiger partial charge is 0.319 e. The third-order valence-electron chi connectivity index (χ3n) is 2.19. The summed E-state index contributed by atoms with van der Waals surface area (Å²) < 4.78 is 33.7. The SMILES string of the molecule is CP(C)(=O)c1ccccc1CCS(=O)(=O)Cl. The van der Waals surface area contributed by atoms with Crippen LogP contribution in [0.5, 0.6) is 0 Å². The molecular formula is C10H14ClO3PS. The van der Waals surface area contributed by atoms with Crippen molar-refractivity contribution in [2.45, 2.75) is 6.42 Å². The predicted molar refractivity (Wildman–Crippen MR) is 68.9 cm³/mol. The Balaban J connectivity index is 3.02. The van der Waals surface area contributed by atoms with Gasteiger partial charge in [0.15, 0.2) is 0 Å². The summed E-state index contributed by atoms with van der Waals surface area (Å²) in [7, 11) is -0.725. The predicted octanol–water partition coefficient (Wildman–Crippen LogP) is 2.05. The van der Waals surface area contributed by atoms with Gasteiger partial charge in [-0.15, -0.1) is 0 Å². The molecule has 0 radical (unpaired) electrons. The summed E-state index contributed by atoms with van der Waals surface area (Å²) in [5.74, 6) is -0.133. The molecule has 3 nitrogen and oxygen atoms in total. The molecule has 0 aliphatic carbocycles. The number of benzene rings is 1. The van der Waals surface area contributed by atoms with Crippen LogP contribution in [0.2, 0.25) is 0 Å². The summed E-state index contributed by atoms with van der Waals surface area (Å²) in [5.41, 5.74) is 0.792. The van der Waals surface area contributed by atoms with Crippen LogP contribution in [-0.4, -0.2) is 27.5 Å². The van der Waals surface area contributed by atoms with E-state index in [1.54, 1.807) is 37.6 Å². The lowest BCUT2D eigenvalue weighted by molar-refractivity contribution is 0.588. The molecule has 0 spiro atoms. The van der Waals surface area contributed by atoms with Crippen molar-refractivity contribution < 1.29 is 13.0 Å². The first-order valence-electron chi connectivity index (χ1n) is 4.76. The van der Waals surface area contributed by atoms with Crippen LogP contribution in [0.3, 0.4) is 0 Å². The second kappa shape index (κ2) is 4.91. The van der Waals surface area contributed by atoms with E-state index in [-0.39, 0.29) is 5.75 Å². The van der Waals surface area contributed by atoms with Crippen molar-refractivity contribution in [2.75, 3.05) is 19.1 Å². The van der Waals surface area contributed by atoms with Gasteiger partial charge in [0.2, 0.25) is 9.05 Å². The lowest BCUT2D eigenvalue weighted by Gasteiger charge is -2.12. The van der Waals surface area contributed by atoms with Crippen molar-refractivity contribution in [2.24, 2.45) is 0 Å². The average Bonchev–Trinajstić information content (AvgIpc) is 2.12. The molecule has 0 aliphatic rings. The van der Waals surface area contributed by atoms with E-state index in [1.807, 2.05) is 0 Å². The normalized spacial score (nSPS) is 12.7. The van der Waals surface area contributed by atoms with Gasteiger partial charge < -0.3 is 4.57 Å². The standard InChI is InChI=1S/C10H14ClO3PS/c1-15(2,12)10-6-4-3-5-9(10)7-8-16(11,13)14/h3-6H,7-8H2,1-2H3. The maximum Gasteiger partial charge on any atom is 0.232 e. The van der Waals surface area contributed by atoms with Crippen LogP contribution in [0.15, 0.2) is 24.3 Å². The Kier molecular flexibility index (Phi) is 4.22. The van der Waals surface area contributed by atoms with E-state index in [4.69, 9.17) is 10.7 Å². The van der Waals surface area contributed by atoms with Gasteiger partial charge in [0.25, 0.3) is 0 Å². The molecule has 0 heterocycles. The first-order valence-corrected chi connectivity index (χ1v) is 9.84. The van der Waals surface area contributed by atoms with Gasteiger partial charge in [-0.2, -0.15) is 0 Å². The van der Waals surface area contributed by atoms with Crippen molar-refractivity contribution in [3.8, 4) is 0 Å². The zero-order chi connectivity index (χ0) is 12.4. The summed E-state index contributed by atoms with van der Waals surface area (Å²) in [6, 6.07) is 7.16. The van der Waals surface area contributed by atoms with Crippen molar-refractivity contribution in [1.29, 1.82) is 0 Å². The highest BCUT2D eigenvalue weighted by molar-refractivity contribution is 8.13. The summed E-state index contributed by atoms with van der Waals surface area (Å²) in [5, 5.41) is 0.732. The fourth-order valence-electron chi connectivity index (χ4n) is 1.48. The minimum Gasteiger partial charge on any atom is -0.319 e. The van der Waals surface area contributed by atoms with Gasteiger partial charge in [0.05, 0.1) is 5.75 Å². The van der Waals surface area contributed by atoms with Crippen molar-refractivity contribution >= 4 is 32.2 Å². The number of aryl methyl sites for hydroxylation is 1. The fourth-order valence-corrected chi connectivity index (χ4v) is 3.50. The third-order valence-corrected chi connectivity index (χ3v) is 4.94. The number of halogens is 1. The number of hydrogen-bond acceptors (Lipinski definition) is 3. The molecule has 0 aromatic heterocycles. The third kappa shape index (κ3) is 4.28. The molecule has 1 aromatic rings. The van der Waals surface area contributed by atoms with Crippen LogP contribution >= 0.6 is 17.8 Å². The van der Waals surface area contributed by atoms with Gasteiger partial charge >= 0.3 is 0 Å². The maximum absolute atomic E-state index is 12.0. The van der Waals surface area contributed by atoms with Crippen molar-refractivity contribution in [3.05, 3.63) is 29.8 Å². The van der Waals surface area contributed by atoms with Gasteiger partial charge in [-0.05, 0) is 25.3 Å². The molecule has 0 amide bonds. The molecule has 0 unspecified atom stereocenters. The van der Waals surface area contributed by atoms with Crippen LogP contribution in [0, 0.1) is 0 Å². The highest BCUT2D eigenvalue weighted by Crippen LogP contribution is 2.36. The Labute approximate surface area is 101 Å². The van der Waals surface area contributed by atoms with E-state index >= 15 is 0 Å². The van der Waals surface area contributed by atoms with Crippen molar-refractivity contribution in [1.82, 2.24) is 0 Å². The smallest absolute Gasteiger partial charge is 0.232 e. The molecule has 6 heteroatoms. The molecule has 0 fully saturated rings. The highest BCUT2D eigenvalue weighted by Gasteiger charge is 2.16. The van der Waals surface area contributed by atoms with Crippen LogP contribution in [-0.2, 0) is 20.0 Å². The van der Waals surface area contributed by atoms with Gasteiger partial charge in [0.1, 0.15) is 7.14 Å². The Hall–Kier alpha value is -0.310. The first-order chi connectivity index (χ1) is 7.20. The Morgan fingerprint density at radius 1 is 1.25 bits per heavy atom. The second-order valence-corrected chi connectivity index (χ2v) is 10.1. The van der Waals surface area contributed by atoms with E-state index in [0.717, 1.165) is 10.9 Å². The molecule has 0 saturated heterocycles. The van der Waals surface area contributed by atoms with E-state index in [0.29, 0.717) is 6.42 Å². The lowest BCUT2D eigenvalue weighted by atomic mass is 10.2. The molecule has 1 aromatic carbocycles. The van der Waals surface area contributed by atoms with Crippen LogP contribution < -0.4 is 5.30 Å². The molecular weight excluding hydrogens is 267 g/mol. The maximum atomic E-state index is 12.0. The van der Waals surface area contributed by atoms with E-state index in [2.05, 4.69) is 0 Å². The Morgan fingerprint density at radius 2 is 1.81 bits per heavy atom. The molecule has 0 aliphatic heterocycles. The van der Waals surface area contributed by atoms with Crippen LogP contribution in [0.4, 0.5) is 0 Å². The topological polar surface area (TPSA) is 51.2 Å². The van der Waals surface area contributed by atoms with E-state index in [9.17, 15) is 13.0 Å². The molecule has 16 heavy (non-hydrogen) atoms. The molecule has 1 rings (SSSR count). The van der Waals surface area contributed by atoms with Gasteiger partial charge in [-0.25, -0.2) is 8.42 Å². The van der Waals surface area contributed by atoms with E-state index < -0.39 is 16.2 Å². The van der Waals surface area contributed by atoms with E-state index in [1.165, 1.54) is 0 Å². The van der Waals surface area contributed by atoms with Crippen LogP contribution in [0.25, 0.3) is 0 Å². The molecule has 0 N–H and O–H groups in total. The zero-order valence-corrected chi connectivity index (χ0v) is 11.6. The van der Waals surface area contributed by atoms with Gasteiger partial charge in [-0.1, -0.05) is 24.3 Å². The van der Waals surface area contributed by atoms with Crippen molar-refractivity contribution in [3.63, 3.8) is 0 Å². The fraction of sp³-hybridized carbons (Fsp3) is 0.400. The highest BCUT2D eigenvalue weighted by atomic mass is 35.7. The summed E-state index contributed by atoms with van der Waals surface area (Å²) >= 11 is 0. The summed E-state index contributed by atoms with van der Waals surface area (Å²) in [6.45, 7) is 3.34. The molecule has 90 valence electrons.